The molecule has 0 radical (unpaired) electrons. The number of hydrogen-bond donors (Lipinski definition) is 0. The van der Waals surface area contributed by atoms with Crippen molar-refractivity contribution in [1.29, 1.82) is 0 Å². The van der Waals surface area contributed by atoms with E-state index < -0.39 is 0 Å². The molecule has 172 valence electrons. The molecule has 3 aromatic rings. The van der Waals surface area contributed by atoms with Gasteiger partial charge in [0.25, 0.3) is 0 Å². The maximum Gasteiger partial charge on any atom is 0.163 e. The fourth-order valence-corrected chi connectivity index (χ4v) is 6.66. The Morgan fingerprint density at radius 3 is 2.76 bits per heavy atom. The van der Waals surface area contributed by atoms with Gasteiger partial charge in [-0.05, 0) is 77.8 Å². The third-order valence-corrected chi connectivity index (χ3v) is 8.79. The van der Waals surface area contributed by atoms with E-state index in [9.17, 15) is 4.79 Å². The van der Waals surface area contributed by atoms with E-state index in [0.717, 1.165) is 29.3 Å². The van der Waals surface area contributed by atoms with Gasteiger partial charge in [-0.1, -0.05) is 63.8 Å². The van der Waals surface area contributed by atoms with Crippen LogP contribution in [0.3, 0.4) is 0 Å². The molecule has 0 aliphatic heterocycles. The molecule has 2 nitrogen and oxygen atoms in total. The Morgan fingerprint density at radius 1 is 1.06 bits per heavy atom. The highest BCUT2D eigenvalue weighted by Gasteiger charge is 2.30. The average molecular weight is 458 g/mol. The lowest BCUT2D eigenvalue weighted by Crippen LogP contribution is -2.06. The quantitative estimate of drug-likeness (QED) is 0.339. The highest BCUT2D eigenvalue weighted by molar-refractivity contribution is 7.13. The van der Waals surface area contributed by atoms with Crippen molar-refractivity contribution >= 4 is 17.1 Å². The molecule has 0 spiro atoms. The van der Waals surface area contributed by atoms with Gasteiger partial charge in [-0.3, -0.25) is 4.79 Å². The molecule has 0 saturated carbocycles. The summed E-state index contributed by atoms with van der Waals surface area (Å²) in [6, 6.07) is 11.4. The summed E-state index contributed by atoms with van der Waals surface area (Å²) in [7, 11) is 0. The summed E-state index contributed by atoms with van der Waals surface area (Å²) in [6.45, 7) is 4.66. The van der Waals surface area contributed by atoms with Crippen molar-refractivity contribution in [3.63, 3.8) is 0 Å². The molecule has 1 aromatic heterocycles. The predicted octanol–water partition coefficient (Wildman–Crippen LogP) is 8.63. The molecule has 2 aliphatic rings. The summed E-state index contributed by atoms with van der Waals surface area (Å²) in [5.41, 5.74) is 9.12. The van der Waals surface area contributed by atoms with Crippen LogP contribution in [0.5, 0.6) is 0 Å². The number of rotatable bonds is 8. The first-order valence-corrected chi connectivity index (χ1v) is 13.8. The van der Waals surface area contributed by atoms with Crippen molar-refractivity contribution in [2.24, 2.45) is 5.92 Å². The van der Waals surface area contributed by atoms with Crippen LogP contribution in [0, 0.1) is 5.92 Å². The van der Waals surface area contributed by atoms with Gasteiger partial charge in [-0.25, -0.2) is 4.98 Å². The van der Waals surface area contributed by atoms with Crippen LogP contribution in [0.4, 0.5) is 0 Å². The monoisotopic (exact) mass is 457 g/mol. The third-order valence-electron chi connectivity index (χ3n) is 7.97. The molecular weight excluding hydrogens is 422 g/mol. The van der Waals surface area contributed by atoms with Crippen molar-refractivity contribution < 1.29 is 4.79 Å². The first kappa shape index (κ1) is 22.5. The number of carbonyl (C=O) groups excluding carboxylic acids is 1. The van der Waals surface area contributed by atoms with Crippen LogP contribution in [0.2, 0.25) is 0 Å². The molecule has 33 heavy (non-hydrogen) atoms. The number of ketones is 1. The largest absolute Gasteiger partial charge is 0.294 e. The molecule has 0 amide bonds. The van der Waals surface area contributed by atoms with E-state index in [-0.39, 0.29) is 0 Å². The van der Waals surface area contributed by atoms with Gasteiger partial charge in [-0.15, -0.1) is 11.3 Å². The summed E-state index contributed by atoms with van der Waals surface area (Å²) in [5.74, 6) is 1.74. The first-order chi connectivity index (χ1) is 16.2. The van der Waals surface area contributed by atoms with E-state index in [4.69, 9.17) is 0 Å². The van der Waals surface area contributed by atoms with Crippen LogP contribution in [-0.2, 0) is 12.8 Å². The van der Waals surface area contributed by atoms with Gasteiger partial charge in [0.15, 0.2) is 5.78 Å². The molecular formula is C30H35NOS. The van der Waals surface area contributed by atoms with Gasteiger partial charge in [0.05, 0.1) is 0 Å². The van der Waals surface area contributed by atoms with Crippen LogP contribution in [0.25, 0.3) is 21.7 Å². The van der Waals surface area contributed by atoms with Crippen LogP contribution in [-0.4, -0.2) is 10.8 Å². The summed E-state index contributed by atoms with van der Waals surface area (Å²) in [5, 5.41) is 3.13. The second-order valence-electron chi connectivity index (χ2n) is 9.92. The standard InChI is InChI=1S/C30H35NOS/c1-3-5-6-20(4-2)7-8-21-9-10-22-11-14-25-26(15-16-28(25)32)29(22)27-19-23(12-13-24(21)27)30-31-17-18-33-30/h11-14,17-21H,3-10,15-16H2,1-2H3. The molecule has 2 atom stereocenters. The molecule has 0 bridgehead atoms. The van der Waals surface area contributed by atoms with Crippen molar-refractivity contribution in [3.8, 4) is 21.7 Å². The Labute approximate surface area is 202 Å². The van der Waals surface area contributed by atoms with E-state index in [1.807, 2.05) is 6.20 Å². The van der Waals surface area contributed by atoms with E-state index >= 15 is 0 Å². The molecule has 2 unspecified atom stereocenters. The molecule has 5 rings (SSSR count). The first-order valence-electron chi connectivity index (χ1n) is 12.9. The third kappa shape index (κ3) is 4.45. The van der Waals surface area contributed by atoms with E-state index in [1.54, 1.807) is 11.3 Å². The summed E-state index contributed by atoms with van der Waals surface area (Å²) >= 11 is 1.70. The van der Waals surface area contributed by atoms with Gasteiger partial charge in [0.2, 0.25) is 0 Å². The number of aryl methyl sites for hydroxylation is 1. The fraction of sp³-hybridized carbons (Fsp3) is 0.467. The normalized spacial score (nSPS) is 17.9. The lowest BCUT2D eigenvalue weighted by molar-refractivity contribution is 0.0994. The summed E-state index contributed by atoms with van der Waals surface area (Å²) in [6.07, 6.45) is 13.6. The Bertz CT molecular complexity index is 1130. The molecule has 0 fully saturated rings. The number of unbranched alkanes of at least 4 members (excludes halogenated alkanes) is 1. The zero-order valence-corrected chi connectivity index (χ0v) is 20.8. The highest BCUT2D eigenvalue weighted by atomic mass is 32.1. The van der Waals surface area contributed by atoms with Crippen molar-refractivity contribution in [2.75, 3.05) is 0 Å². The minimum atomic E-state index is 0.313. The summed E-state index contributed by atoms with van der Waals surface area (Å²) in [4.78, 5) is 17.1. The average Bonchev–Trinajstić information content (AvgIpc) is 3.48. The zero-order chi connectivity index (χ0) is 22.8. The van der Waals surface area contributed by atoms with Crippen LogP contribution >= 0.6 is 11.3 Å². The number of benzene rings is 2. The number of carbonyl (C=O) groups is 1. The summed E-state index contributed by atoms with van der Waals surface area (Å²) < 4.78 is 0. The lowest BCUT2D eigenvalue weighted by Gasteiger charge is -2.22. The minimum absolute atomic E-state index is 0.313. The maximum absolute atomic E-state index is 12.6. The van der Waals surface area contributed by atoms with Gasteiger partial charge in [0.1, 0.15) is 5.01 Å². The van der Waals surface area contributed by atoms with Crippen molar-refractivity contribution in [2.45, 2.75) is 84.0 Å². The number of hydrogen-bond acceptors (Lipinski definition) is 3. The van der Waals surface area contributed by atoms with Crippen LogP contribution in [0.1, 0.15) is 98.2 Å². The van der Waals surface area contributed by atoms with Gasteiger partial charge >= 0.3 is 0 Å². The van der Waals surface area contributed by atoms with E-state index in [2.05, 4.69) is 54.5 Å². The molecule has 0 N–H and O–H groups in total. The highest BCUT2D eigenvalue weighted by Crippen LogP contribution is 2.46. The van der Waals surface area contributed by atoms with Crippen molar-refractivity contribution in [1.82, 2.24) is 4.98 Å². The number of aromatic nitrogens is 1. The molecule has 0 saturated heterocycles. The lowest BCUT2D eigenvalue weighted by atomic mass is 9.83. The van der Waals surface area contributed by atoms with Gasteiger partial charge in [-0.2, -0.15) is 0 Å². The number of fused-ring (bicyclic) bond motifs is 5. The van der Waals surface area contributed by atoms with E-state index in [0.29, 0.717) is 18.1 Å². The molecule has 3 heteroatoms. The van der Waals surface area contributed by atoms with Crippen LogP contribution < -0.4 is 0 Å². The molecule has 1 heterocycles. The molecule has 2 aromatic carbocycles. The predicted molar refractivity (Wildman–Crippen MR) is 139 cm³/mol. The number of nitrogens with zero attached hydrogens (tertiary/aromatic N) is 1. The fourth-order valence-electron chi connectivity index (χ4n) is 6.03. The Kier molecular flexibility index (Phi) is 6.78. The zero-order valence-electron chi connectivity index (χ0n) is 20.0. The Balaban J connectivity index is 1.56. The van der Waals surface area contributed by atoms with Gasteiger partial charge < -0.3 is 0 Å². The van der Waals surface area contributed by atoms with Crippen molar-refractivity contribution in [3.05, 3.63) is 64.2 Å². The Hall–Kier alpha value is -2.26. The second kappa shape index (κ2) is 9.93. The topological polar surface area (TPSA) is 30.0 Å². The Morgan fingerprint density at radius 2 is 1.97 bits per heavy atom. The minimum Gasteiger partial charge on any atom is -0.294 e. The SMILES string of the molecule is CCCCC(CC)CCC1CCc2ccc3c(c2-c2cc(-c4nccs4)ccc21)CCC3=O. The number of thiazole rings is 1. The van der Waals surface area contributed by atoms with Crippen LogP contribution in [0.15, 0.2) is 41.9 Å². The molecule has 2 aliphatic carbocycles. The van der Waals surface area contributed by atoms with E-state index in [1.165, 1.54) is 78.3 Å². The second-order valence-corrected chi connectivity index (χ2v) is 10.8. The maximum atomic E-state index is 12.6. The number of Topliss-reactive ketones (excluding diaryl/α,β-unsaturated/α-hetero) is 1. The smallest absolute Gasteiger partial charge is 0.163 e. The van der Waals surface area contributed by atoms with Gasteiger partial charge in [0, 0.05) is 29.1 Å².